The number of terminal acetylenes is 1. The van der Waals surface area contributed by atoms with Crippen molar-refractivity contribution in [2.75, 3.05) is 18.5 Å². The molecule has 0 unspecified atom stereocenters. The SMILES string of the molecule is C#CCOc1ccc(C(=O)Nc2cc(F)c(F)c([C@@]3(C)N=C(N)S[C@](C)(CO)[C@H]3C)c2)nc1. The van der Waals surface area contributed by atoms with Crippen LogP contribution in [0.4, 0.5) is 14.5 Å². The number of amides is 1. The summed E-state index contributed by atoms with van der Waals surface area (Å²) >= 11 is 1.18. The number of aliphatic imine (C=N–C) groups is 1. The van der Waals surface area contributed by atoms with E-state index in [0.29, 0.717) is 5.75 Å². The third-order valence-electron chi connectivity index (χ3n) is 5.88. The molecule has 7 nitrogen and oxygen atoms in total. The number of hydrogen-bond donors (Lipinski definition) is 3. The monoisotopic (exact) mass is 474 g/mol. The van der Waals surface area contributed by atoms with Crippen molar-refractivity contribution in [2.45, 2.75) is 31.1 Å². The summed E-state index contributed by atoms with van der Waals surface area (Å²) in [6, 6.07) is 5.14. The molecule has 1 aliphatic rings. The van der Waals surface area contributed by atoms with Gasteiger partial charge in [0.1, 0.15) is 18.1 Å². The lowest BCUT2D eigenvalue weighted by Gasteiger charge is -2.46. The highest BCUT2D eigenvalue weighted by atomic mass is 32.2. The van der Waals surface area contributed by atoms with Crippen LogP contribution in [-0.2, 0) is 5.54 Å². The smallest absolute Gasteiger partial charge is 0.274 e. The Kier molecular flexibility index (Phi) is 6.95. The molecule has 0 radical (unpaired) electrons. The van der Waals surface area contributed by atoms with E-state index in [1.165, 1.54) is 36.2 Å². The van der Waals surface area contributed by atoms with Gasteiger partial charge < -0.3 is 20.9 Å². The van der Waals surface area contributed by atoms with Crippen LogP contribution in [0.15, 0.2) is 35.5 Å². The van der Waals surface area contributed by atoms with Gasteiger partial charge in [0.2, 0.25) is 0 Å². The standard InChI is InChI=1S/C23H24F2N4O3S/c1-5-8-32-15-6-7-18(27-11-15)20(31)28-14-9-16(19(25)17(24)10-14)23(4)13(2)22(3,12-30)33-21(26)29-23/h1,6-7,9-11,13,30H,8,12H2,2-4H3,(H2,26,29)(H,28,31)/t13-,22-,23+/m1/s1. The van der Waals surface area contributed by atoms with Gasteiger partial charge in [-0.05, 0) is 32.0 Å². The zero-order valence-corrected chi connectivity index (χ0v) is 19.2. The summed E-state index contributed by atoms with van der Waals surface area (Å²) in [5.74, 6) is -0.600. The van der Waals surface area contributed by atoms with Crippen molar-refractivity contribution >= 4 is 28.5 Å². The van der Waals surface area contributed by atoms with E-state index in [2.05, 4.69) is 21.2 Å². The zero-order valence-electron chi connectivity index (χ0n) is 18.4. The maximum Gasteiger partial charge on any atom is 0.274 e. The van der Waals surface area contributed by atoms with Crippen molar-refractivity contribution in [2.24, 2.45) is 16.6 Å². The molecule has 0 bridgehead atoms. The van der Waals surface area contributed by atoms with Gasteiger partial charge in [0.25, 0.3) is 5.91 Å². The molecule has 0 aliphatic carbocycles. The predicted molar refractivity (Wildman–Crippen MR) is 124 cm³/mol. The lowest BCUT2D eigenvalue weighted by atomic mass is 9.74. The minimum atomic E-state index is -1.28. The highest BCUT2D eigenvalue weighted by molar-refractivity contribution is 8.15. The van der Waals surface area contributed by atoms with Crippen LogP contribution < -0.4 is 15.8 Å². The number of ether oxygens (including phenoxy) is 1. The Morgan fingerprint density at radius 2 is 2.12 bits per heavy atom. The number of thioether (sulfide) groups is 1. The molecule has 0 spiro atoms. The number of nitrogens with two attached hydrogens (primary N) is 1. The Hall–Kier alpha value is -3.16. The van der Waals surface area contributed by atoms with Crippen LogP contribution >= 0.6 is 11.8 Å². The van der Waals surface area contributed by atoms with Crippen molar-refractivity contribution in [3.05, 3.63) is 53.4 Å². The predicted octanol–water partition coefficient (Wildman–Crippen LogP) is 3.29. The number of halogens is 2. The summed E-state index contributed by atoms with van der Waals surface area (Å²) in [6.45, 7) is 5.01. The molecular weight excluding hydrogens is 450 g/mol. The topological polar surface area (TPSA) is 110 Å². The third kappa shape index (κ3) is 4.79. The van der Waals surface area contributed by atoms with Crippen molar-refractivity contribution < 1.29 is 23.4 Å². The van der Waals surface area contributed by atoms with Crippen LogP contribution in [0.2, 0.25) is 0 Å². The van der Waals surface area contributed by atoms with Crippen LogP contribution in [0, 0.1) is 29.9 Å². The molecule has 33 heavy (non-hydrogen) atoms. The van der Waals surface area contributed by atoms with Crippen LogP contribution in [-0.4, -0.2) is 39.1 Å². The van der Waals surface area contributed by atoms with E-state index < -0.39 is 33.7 Å². The van der Waals surface area contributed by atoms with Gasteiger partial charge in [0, 0.05) is 28.0 Å². The number of amidine groups is 1. The van der Waals surface area contributed by atoms with E-state index >= 15 is 0 Å². The summed E-state index contributed by atoms with van der Waals surface area (Å²) in [6.07, 6.45) is 6.46. The number of rotatable bonds is 6. The molecule has 4 N–H and O–H groups in total. The van der Waals surface area contributed by atoms with Gasteiger partial charge >= 0.3 is 0 Å². The van der Waals surface area contributed by atoms with E-state index in [0.717, 1.165) is 6.07 Å². The van der Waals surface area contributed by atoms with E-state index in [1.54, 1.807) is 20.8 Å². The third-order valence-corrected chi connectivity index (χ3v) is 7.13. The van der Waals surface area contributed by atoms with Crippen LogP contribution in [0.25, 0.3) is 0 Å². The first kappa shape index (κ1) is 24.5. The molecule has 10 heteroatoms. The molecule has 174 valence electrons. The first-order valence-corrected chi connectivity index (χ1v) is 10.8. The molecule has 2 heterocycles. The van der Waals surface area contributed by atoms with Crippen molar-refractivity contribution in [3.63, 3.8) is 0 Å². The average molecular weight is 475 g/mol. The molecule has 0 saturated heterocycles. The molecular formula is C23H24F2N4O3S. The summed E-state index contributed by atoms with van der Waals surface area (Å²) in [7, 11) is 0. The highest BCUT2D eigenvalue weighted by Crippen LogP contribution is 2.50. The number of anilines is 1. The molecule has 3 rings (SSSR count). The largest absolute Gasteiger partial charge is 0.479 e. The average Bonchev–Trinajstić information content (AvgIpc) is 2.78. The first-order chi connectivity index (χ1) is 15.5. The van der Waals surface area contributed by atoms with Crippen LogP contribution in [0.1, 0.15) is 36.8 Å². The number of nitrogens with zero attached hydrogens (tertiary/aromatic N) is 2. The number of pyridine rings is 1. The Labute approximate surface area is 194 Å². The first-order valence-electron chi connectivity index (χ1n) is 10.0. The lowest BCUT2D eigenvalue weighted by Crippen LogP contribution is -2.50. The second-order valence-electron chi connectivity index (χ2n) is 8.04. The maximum absolute atomic E-state index is 15.0. The fourth-order valence-electron chi connectivity index (χ4n) is 3.68. The maximum atomic E-state index is 15.0. The van der Waals surface area contributed by atoms with E-state index in [4.69, 9.17) is 16.9 Å². The van der Waals surface area contributed by atoms with Crippen molar-refractivity contribution in [1.82, 2.24) is 4.98 Å². The van der Waals surface area contributed by atoms with Gasteiger partial charge in [0.15, 0.2) is 16.8 Å². The van der Waals surface area contributed by atoms with Gasteiger partial charge in [-0.3, -0.25) is 9.79 Å². The van der Waals surface area contributed by atoms with Crippen molar-refractivity contribution in [1.29, 1.82) is 0 Å². The van der Waals surface area contributed by atoms with Crippen LogP contribution in [0.3, 0.4) is 0 Å². The number of aliphatic hydroxyl groups excluding tert-OH is 1. The highest BCUT2D eigenvalue weighted by Gasteiger charge is 2.50. The minimum absolute atomic E-state index is 0.0227. The fourth-order valence-corrected chi connectivity index (χ4v) is 4.87. The van der Waals surface area contributed by atoms with Crippen molar-refractivity contribution in [3.8, 4) is 18.1 Å². The zero-order chi connectivity index (χ0) is 24.4. The summed E-state index contributed by atoms with van der Waals surface area (Å²) in [5, 5.41) is 12.6. The Bertz CT molecular complexity index is 1140. The minimum Gasteiger partial charge on any atom is -0.479 e. The van der Waals surface area contributed by atoms with E-state index in [1.807, 2.05) is 0 Å². The van der Waals surface area contributed by atoms with Gasteiger partial charge in [-0.25, -0.2) is 13.8 Å². The number of carbonyl (C=O) groups is 1. The van der Waals surface area contributed by atoms with E-state index in [-0.39, 0.29) is 35.3 Å². The molecule has 1 aromatic carbocycles. The molecule has 1 amide bonds. The molecule has 1 aliphatic heterocycles. The number of aliphatic hydroxyl groups is 1. The Morgan fingerprint density at radius 3 is 2.73 bits per heavy atom. The lowest BCUT2D eigenvalue weighted by molar-refractivity contribution is 0.102. The molecule has 2 aromatic rings. The molecule has 1 aromatic heterocycles. The fraction of sp³-hybridized carbons (Fsp3) is 0.348. The summed E-state index contributed by atoms with van der Waals surface area (Å²) < 4.78 is 34.0. The molecule has 0 saturated carbocycles. The Morgan fingerprint density at radius 1 is 1.39 bits per heavy atom. The molecule has 0 fully saturated rings. The number of nitrogens with one attached hydrogen (secondary N) is 1. The van der Waals surface area contributed by atoms with Crippen LogP contribution in [0.5, 0.6) is 5.75 Å². The normalized spacial score (nSPS) is 24.5. The van der Waals surface area contributed by atoms with Gasteiger partial charge in [-0.15, -0.1) is 6.42 Å². The second-order valence-corrected chi connectivity index (χ2v) is 9.59. The Balaban J connectivity index is 1.94. The number of aromatic nitrogens is 1. The van der Waals surface area contributed by atoms with Gasteiger partial charge in [-0.2, -0.15) is 0 Å². The summed E-state index contributed by atoms with van der Waals surface area (Å²) in [4.78, 5) is 21.0. The number of hydrogen-bond acceptors (Lipinski definition) is 7. The molecule has 3 atom stereocenters. The number of carbonyl (C=O) groups excluding carboxylic acids is 1. The van der Waals surface area contributed by atoms with E-state index in [9.17, 15) is 18.7 Å². The van der Waals surface area contributed by atoms with Gasteiger partial charge in [-0.1, -0.05) is 24.6 Å². The summed E-state index contributed by atoms with van der Waals surface area (Å²) in [5.41, 5.74) is 4.67. The second kappa shape index (κ2) is 9.37. The number of benzene rings is 1. The quantitative estimate of drug-likeness (QED) is 0.555. The van der Waals surface area contributed by atoms with Gasteiger partial charge in [0.05, 0.1) is 18.3 Å².